The number of carboxylic acid groups (broad SMARTS) is 1. The molecule has 0 heterocycles. The van der Waals surface area contributed by atoms with Crippen molar-refractivity contribution in [3.63, 3.8) is 0 Å². The van der Waals surface area contributed by atoms with E-state index < -0.39 is 18.5 Å². The van der Waals surface area contributed by atoms with Crippen LogP contribution in [0.1, 0.15) is 19.8 Å². The predicted molar refractivity (Wildman–Crippen MR) is 144 cm³/mol. The summed E-state index contributed by atoms with van der Waals surface area (Å²) in [5.74, 6) is -1.51. The van der Waals surface area contributed by atoms with Crippen molar-refractivity contribution in [3.05, 3.63) is 0 Å². The first-order chi connectivity index (χ1) is 19.7. The molecule has 0 radical (unpaired) electrons. The number of carbonyl (C=O) groups excluding carboxylic acids is 1. The van der Waals surface area contributed by atoms with E-state index in [-0.39, 0.29) is 6.61 Å². The molecule has 0 bridgehead atoms. The zero-order chi connectivity index (χ0) is 29.2. The van der Waals surface area contributed by atoms with Gasteiger partial charge in [0.25, 0.3) is 0 Å². The van der Waals surface area contributed by atoms with Crippen LogP contribution >= 0.6 is 0 Å². The van der Waals surface area contributed by atoms with Crippen molar-refractivity contribution in [2.24, 2.45) is 0 Å². The molecule has 0 aliphatic rings. The van der Waals surface area contributed by atoms with Gasteiger partial charge in [-0.2, -0.15) is 0 Å². The second-order valence-corrected chi connectivity index (χ2v) is 8.10. The van der Waals surface area contributed by atoms with Crippen LogP contribution in [0.15, 0.2) is 0 Å². The molecular weight excluding hydrogens is 534 g/mol. The van der Waals surface area contributed by atoms with Crippen LogP contribution in [0, 0.1) is 0 Å². The molecule has 0 saturated carbocycles. The Balaban J connectivity index is 3.08. The minimum atomic E-state index is -1.12. The molecular formula is C26H51NO13. The van der Waals surface area contributed by atoms with E-state index in [0.717, 1.165) is 19.4 Å². The summed E-state index contributed by atoms with van der Waals surface area (Å²) in [6, 6.07) is 0. The minimum absolute atomic E-state index is 0.297. The average molecular weight is 586 g/mol. The number of hydrogen-bond acceptors (Lipinski definition) is 12. The summed E-state index contributed by atoms with van der Waals surface area (Å²) in [4.78, 5) is 21.6. The number of hydrogen-bond donors (Lipinski definition) is 2. The maximum atomic E-state index is 11.3. The molecule has 40 heavy (non-hydrogen) atoms. The van der Waals surface area contributed by atoms with Gasteiger partial charge >= 0.3 is 5.97 Å². The summed E-state index contributed by atoms with van der Waals surface area (Å²) in [5, 5.41) is 11.0. The van der Waals surface area contributed by atoms with Gasteiger partial charge in [-0.25, -0.2) is 4.79 Å². The molecule has 14 heteroatoms. The third-order valence-corrected chi connectivity index (χ3v) is 4.65. The van der Waals surface area contributed by atoms with E-state index in [1.54, 1.807) is 0 Å². The molecule has 0 saturated heterocycles. The summed E-state index contributed by atoms with van der Waals surface area (Å²) in [6.45, 7) is 10.7. The highest BCUT2D eigenvalue weighted by atomic mass is 16.6. The molecule has 14 nitrogen and oxygen atoms in total. The van der Waals surface area contributed by atoms with Gasteiger partial charge in [-0.15, -0.1) is 0 Å². The Bertz CT molecular complexity index is 543. The molecule has 0 spiro atoms. The van der Waals surface area contributed by atoms with Crippen molar-refractivity contribution in [3.8, 4) is 0 Å². The van der Waals surface area contributed by atoms with E-state index in [9.17, 15) is 9.59 Å². The number of carboxylic acids is 1. The molecule has 0 aliphatic heterocycles. The van der Waals surface area contributed by atoms with Gasteiger partial charge in [-0.3, -0.25) is 4.79 Å². The Morgan fingerprint density at radius 2 is 0.800 bits per heavy atom. The number of ether oxygens (including phenoxy) is 10. The van der Waals surface area contributed by atoms with Crippen LogP contribution in [0.5, 0.6) is 0 Å². The molecule has 0 fully saturated rings. The lowest BCUT2D eigenvalue weighted by Crippen LogP contribution is -2.31. The summed E-state index contributed by atoms with van der Waals surface area (Å²) < 4.78 is 53.3. The first-order valence-corrected chi connectivity index (χ1v) is 13.9. The molecule has 0 aromatic heterocycles. The van der Waals surface area contributed by atoms with Crippen molar-refractivity contribution in [2.75, 3.05) is 139 Å². The van der Waals surface area contributed by atoms with Gasteiger partial charge in [0.15, 0.2) is 0 Å². The standard InChI is InChI=1S/C26H51NO13/c1-2-3-5-31-7-9-33-11-13-35-15-17-37-19-21-39-22-20-38-18-16-36-14-12-34-10-8-32-6-4-27-25(28)23-40-24-26(29)30/h2-24H2,1H3,(H,27,28)(H,29,30). The van der Waals surface area contributed by atoms with Crippen LogP contribution in [-0.4, -0.2) is 156 Å². The number of unbranched alkanes of at least 4 members (excludes halogenated alkanes) is 1. The predicted octanol–water partition coefficient (Wildman–Crippen LogP) is 0.153. The molecule has 0 aromatic rings. The Kier molecular flexibility index (Phi) is 32.5. The maximum Gasteiger partial charge on any atom is 0.329 e. The van der Waals surface area contributed by atoms with Crippen molar-refractivity contribution in [2.45, 2.75) is 19.8 Å². The van der Waals surface area contributed by atoms with Gasteiger partial charge in [0.2, 0.25) is 5.91 Å². The van der Waals surface area contributed by atoms with Crippen molar-refractivity contribution >= 4 is 11.9 Å². The van der Waals surface area contributed by atoms with Gasteiger partial charge in [0.05, 0.1) is 112 Å². The summed E-state index contributed by atoms with van der Waals surface area (Å²) in [5.41, 5.74) is 0. The van der Waals surface area contributed by atoms with E-state index in [1.165, 1.54) is 0 Å². The maximum absolute atomic E-state index is 11.3. The molecule has 238 valence electrons. The number of carbonyl (C=O) groups is 2. The van der Waals surface area contributed by atoms with E-state index in [0.29, 0.717) is 119 Å². The SMILES string of the molecule is CCCCOCCOCCOCCOCCOCCOCCOCCOCCOCCNC(=O)COCC(=O)O. The van der Waals surface area contributed by atoms with Crippen LogP contribution in [0.3, 0.4) is 0 Å². The zero-order valence-corrected chi connectivity index (χ0v) is 24.1. The summed E-state index contributed by atoms with van der Waals surface area (Å²) in [7, 11) is 0. The summed E-state index contributed by atoms with van der Waals surface area (Å²) in [6.07, 6.45) is 2.22. The Labute approximate surface area is 238 Å². The minimum Gasteiger partial charge on any atom is -0.480 e. The van der Waals surface area contributed by atoms with Gasteiger partial charge < -0.3 is 57.8 Å². The van der Waals surface area contributed by atoms with Crippen LogP contribution in [0.2, 0.25) is 0 Å². The Morgan fingerprint density at radius 1 is 0.475 bits per heavy atom. The van der Waals surface area contributed by atoms with Gasteiger partial charge in [-0.05, 0) is 6.42 Å². The lowest BCUT2D eigenvalue weighted by Gasteiger charge is -2.09. The zero-order valence-electron chi connectivity index (χ0n) is 24.1. The average Bonchev–Trinajstić information content (AvgIpc) is 2.94. The smallest absolute Gasteiger partial charge is 0.329 e. The van der Waals surface area contributed by atoms with Crippen molar-refractivity contribution in [1.29, 1.82) is 0 Å². The third-order valence-electron chi connectivity index (χ3n) is 4.65. The van der Waals surface area contributed by atoms with Crippen molar-refractivity contribution in [1.82, 2.24) is 5.32 Å². The van der Waals surface area contributed by atoms with Crippen LogP contribution in [0.25, 0.3) is 0 Å². The highest BCUT2D eigenvalue weighted by Crippen LogP contribution is 1.89. The van der Waals surface area contributed by atoms with Gasteiger partial charge in [-0.1, -0.05) is 13.3 Å². The lowest BCUT2D eigenvalue weighted by molar-refractivity contribution is -0.143. The fourth-order valence-electron chi connectivity index (χ4n) is 2.65. The second-order valence-electron chi connectivity index (χ2n) is 8.10. The number of rotatable bonds is 34. The molecule has 0 rings (SSSR count). The second kappa shape index (κ2) is 33.7. The Morgan fingerprint density at radius 3 is 1.12 bits per heavy atom. The van der Waals surface area contributed by atoms with Crippen LogP contribution < -0.4 is 5.32 Å². The normalized spacial score (nSPS) is 11.2. The fraction of sp³-hybridized carbons (Fsp3) is 0.923. The van der Waals surface area contributed by atoms with Gasteiger partial charge in [0.1, 0.15) is 13.2 Å². The first kappa shape index (κ1) is 38.5. The third kappa shape index (κ3) is 34.6. The first-order valence-electron chi connectivity index (χ1n) is 13.9. The number of nitrogens with one attached hydrogen (secondary N) is 1. The van der Waals surface area contributed by atoms with E-state index >= 15 is 0 Å². The number of amides is 1. The number of aliphatic carboxylic acids is 1. The van der Waals surface area contributed by atoms with E-state index in [2.05, 4.69) is 17.0 Å². The van der Waals surface area contributed by atoms with E-state index in [1.807, 2.05) is 0 Å². The lowest BCUT2D eigenvalue weighted by atomic mass is 10.4. The van der Waals surface area contributed by atoms with Crippen LogP contribution in [-0.2, 0) is 57.0 Å². The molecule has 2 N–H and O–H groups in total. The van der Waals surface area contributed by atoms with Crippen LogP contribution in [0.4, 0.5) is 0 Å². The molecule has 0 atom stereocenters. The quantitative estimate of drug-likeness (QED) is 0.0984. The topological polar surface area (TPSA) is 159 Å². The monoisotopic (exact) mass is 585 g/mol. The molecule has 1 amide bonds. The fourth-order valence-corrected chi connectivity index (χ4v) is 2.65. The summed E-state index contributed by atoms with van der Waals surface area (Å²) >= 11 is 0. The van der Waals surface area contributed by atoms with E-state index in [4.69, 9.17) is 47.7 Å². The molecule has 0 unspecified atom stereocenters. The Hall–Kier alpha value is -1.46. The molecule has 0 aromatic carbocycles. The highest BCUT2D eigenvalue weighted by molar-refractivity contribution is 5.77. The van der Waals surface area contributed by atoms with Crippen molar-refractivity contribution < 1.29 is 62.1 Å². The molecule has 0 aliphatic carbocycles. The largest absolute Gasteiger partial charge is 0.480 e. The van der Waals surface area contributed by atoms with Gasteiger partial charge in [0, 0.05) is 13.2 Å². The highest BCUT2D eigenvalue weighted by Gasteiger charge is 2.03.